The Hall–Kier alpha value is -3.49. The Balaban J connectivity index is 1.88. The maximum atomic E-state index is 12.3. The summed E-state index contributed by atoms with van der Waals surface area (Å²) in [4.78, 5) is 39.9. The number of hydrogen-bond acceptors (Lipinski definition) is 7. The molecule has 0 atom stereocenters. The lowest BCUT2D eigenvalue weighted by Crippen LogP contribution is -2.39. The van der Waals surface area contributed by atoms with Gasteiger partial charge in [-0.3, -0.25) is 9.69 Å². The van der Waals surface area contributed by atoms with Gasteiger partial charge >= 0.3 is 11.8 Å². The molecule has 1 aliphatic rings. The van der Waals surface area contributed by atoms with E-state index in [4.69, 9.17) is 9.47 Å². The van der Waals surface area contributed by atoms with Crippen LogP contribution in [0.15, 0.2) is 36.4 Å². The summed E-state index contributed by atoms with van der Waals surface area (Å²) in [7, 11) is 0. The number of carbonyl (C=O) groups excluding carboxylic acids is 2. The molecule has 0 radical (unpaired) electrons. The lowest BCUT2D eigenvalue weighted by Gasteiger charge is -2.25. The fraction of sp³-hybridized carbons (Fsp3) is 0.278. The highest BCUT2D eigenvalue weighted by molar-refractivity contribution is 5.97. The Morgan fingerprint density at radius 1 is 1.37 bits per heavy atom. The predicted octanol–water partition coefficient (Wildman–Crippen LogP) is 2.48. The van der Waals surface area contributed by atoms with Gasteiger partial charge in [0.1, 0.15) is 0 Å². The third kappa shape index (κ3) is 4.02. The first-order valence-corrected chi connectivity index (χ1v) is 8.34. The minimum Gasteiger partial charge on any atom is -0.477 e. The Morgan fingerprint density at radius 2 is 2.19 bits per heavy atom. The number of nitro groups is 1. The van der Waals surface area contributed by atoms with Crippen LogP contribution in [0, 0.1) is 10.1 Å². The van der Waals surface area contributed by atoms with Gasteiger partial charge in [-0.05, 0) is 40.1 Å². The van der Waals surface area contributed by atoms with Gasteiger partial charge in [0.15, 0.2) is 12.4 Å². The molecule has 9 nitrogen and oxygen atoms in total. The van der Waals surface area contributed by atoms with Crippen LogP contribution in [0.4, 0.5) is 11.6 Å². The van der Waals surface area contributed by atoms with Crippen molar-refractivity contribution in [2.75, 3.05) is 18.1 Å². The van der Waals surface area contributed by atoms with Crippen molar-refractivity contribution in [3.8, 4) is 5.75 Å². The number of aromatic nitrogens is 1. The molecule has 0 bridgehead atoms. The van der Waals surface area contributed by atoms with E-state index in [0.717, 1.165) is 6.42 Å². The number of fused-ring (bicyclic) bond motifs is 1. The van der Waals surface area contributed by atoms with E-state index in [-0.39, 0.29) is 30.7 Å². The van der Waals surface area contributed by atoms with Crippen LogP contribution in [0.25, 0.3) is 0 Å². The smallest absolute Gasteiger partial charge is 0.366 e. The highest BCUT2D eigenvalue weighted by Gasteiger charge is 2.32. The zero-order chi connectivity index (χ0) is 19.4. The second-order valence-electron chi connectivity index (χ2n) is 5.85. The number of anilines is 1. The lowest BCUT2D eigenvalue weighted by atomic mass is 10.1. The van der Waals surface area contributed by atoms with Gasteiger partial charge in [-0.25, -0.2) is 4.79 Å². The third-order valence-corrected chi connectivity index (χ3v) is 3.86. The quantitative estimate of drug-likeness (QED) is 0.435. The summed E-state index contributed by atoms with van der Waals surface area (Å²) in [6.07, 6.45) is 0.717. The number of pyridine rings is 1. The average Bonchev–Trinajstić information content (AvgIpc) is 2.68. The molecular weight excluding hydrogens is 354 g/mol. The lowest BCUT2D eigenvalue weighted by molar-refractivity contribution is -0.389. The second kappa shape index (κ2) is 7.81. The number of ether oxygens (including phenoxy) is 2. The zero-order valence-corrected chi connectivity index (χ0v) is 14.6. The summed E-state index contributed by atoms with van der Waals surface area (Å²) < 4.78 is 10.4. The van der Waals surface area contributed by atoms with Gasteiger partial charge < -0.3 is 19.6 Å². The van der Waals surface area contributed by atoms with Crippen molar-refractivity contribution in [2.45, 2.75) is 19.9 Å². The third-order valence-electron chi connectivity index (χ3n) is 3.86. The van der Waals surface area contributed by atoms with Crippen LogP contribution in [-0.2, 0) is 16.1 Å². The number of nitrogens with zero attached hydrogens (tertiary/aromatic N) is 3. The van der Waals surface area contributed by atoms with Crippen molar-refractivity contribution in [3.05, 3.63) is 57.6 Å². The Morgan fingerprint density at radius 3 is 2.93 bits per heavy atom. The maximum absolute atomic E-state index is 12.3. The number of rotatable bonds is 6. The largest absolute Gasteiger partial charge is 0.477 e. The van der Waals surface area contributed by atoms with E-state index in [1.807, 2.05) is 6.92 Å². The zero-order valence-electron chi connectivity index (χ0n) is 14.6. The highest BCUT2D eigenvalue weighted by Crippen LogP contribution is 2.33. The van der Waals surface area contributed by atoms with Gasteiger partial charge in [0.25, 0.3) is 11.7 Å². The van der Waals surface area contributed by atoms with Gasteiger partial charge in [-0.2, -0.15) is 0 Å². The molecule has 3 rings (SSSR count). The standard InChI is InChI=1S/C18H17N3O6/c1-2-8-26-18(23)13-5-3-4-12(9-13)10-20-16(22)11-27-14-6-7-15(21(24)25)19-17(14)20/h3-7,9H,2,8,10-11H2,1H3. The van der Waals surface area contributed by atoms with E-state index in [0.29, 0.717) is 23.5 Å². The summed E-state index contributed by atoms with van der Waals surface area (Å²) in [5, 5.41) is 11.0. The summed E-state index contributed by atoms with van der Waals surface area (Å²) in [5.41, 5.74) is 1.03. The molecule has 2 heterocycles. The van der Waals surface area contributed by atoms with E-state index < -0.39 is 10.9 Å². The molecule has 1 aliphatic heterocycles. The first-order chi connectivity index (χ1) is 13.0. The normalized spacial score (nSPS) is 12.9. The minimum absolute atomic E-state index is 0.0828. The van der Waals surface area contributed by atoms with E-state index in [1.54, 1.807) is 24.3 Å². The molecule has 0 saturated heterocycles. The molecule has 9 heteroatoms. The molecule has 0 aliphatic carbocycles. The molecule has 27 heavy (non-hydrogen) atoms. The van der Waals surface area contributed by atoms with E-state index in [2.05, 4.69) is 4.98 Å². The molecule has 1 aromatic heterocycles. The summed E-state index contributed by atoms with van der Waals surface area (Å²) in [6.45, 7) is 2.13. The van der Waals surface area contributed by atoms with Crippen LogP contribution < -0.4 is 9.64 Å². The molecular formula is C18H17N3O6. The van der Waals surface area contributed by atoms with Gasteiger partial charge in [-0.15, -0.1) is 0 Å². The van der Waals surface area contributed by atoms with Crippen LogP contribution in [-0.4, -0.2) is 35.0 Å². The Kier molecular flexibility index (Phi) is 5.30. The Bertz CT molecular complexity index is 898. The summed E-state index contributed by atoms with van der Waals surface area (Å²) in [6, 6.07) is 9.31. The van der Waals surface area contributed by atoms with Gasteiger partial charge in [0.2, 0.25) is 0 Å². The number of benzene rings is 1. The molecule has 0 spiro atoms. The molecule has 0 saturated carbocycles. The molecule has 1 amide bonds. The average molecular weight is 371 g/mol. The number of hydrogen-bond donors (Lipinski definition) is 0. The molecule has 0 N–H and O–H groups in total. The first-order valence-electron chi connectivity index (χ1n) is 8.34. The predicted molar refractivity (Wildman–Crippen MR) is 94.6 cm³/mol. The molecule has 0 fully saturated rings. The van der Waals surface area contributed by atoms with Crippen LogP contribution in [0.5, 0.6) is 5.75 Å². The number of amides is 1. The fourth-order valence-electron chi connectivity index (χ4n) is 2.59. The first kappa shape index (κ1) is 18.3. The van der Waals surface area contributed by atoms with Gasteiger partial charge in [0.05, 0.1) is 18.7 Å². The van der Waals surface area contributed by atoms with Gasteiger partial charge in [0, 0.05) is 6.07 Å². The summed E-state index contributed by atoms with van der Waals surface area (Å²) in [5.74, 6) is -0.831. The van der Waals surface area contributed by atoms with E-state index in [9.17, 15) is 19.7 Å². The number of carbonyl (C=O) groups is 2. The molecule has 0 unspecified atom stereocenters. The van der Waals surface area contributed by atoms with Crippen LogP contribution >= 0.6 is 0 Å². The topological polar surface area (TPSA) is 112 Å². The van der Waals surface area contributed by atoms with Crippen molar-refractivity contribution in [1.82, 2.24) is 4.98 Å². The van der Waals surface area contributed by atoms with Crippen molar-refractivity contribution in [3.63, 3.8) is 0 Å². The molecule has 1 aromatic carbocycles. The van der Waals surface area contributed by atoms with Crippen molar-refractivity contribution < 1.29 is 24.0 Å². The fourth-order valence-corrected chi connectivity index (χ4v) is 2.59. The highest BCUT2D eigenvalue weighted by atomic mass is 16.6. The molecule has 2 aromatic rings. The number of esters is 1. The maximum Gasteiger partial charge on any atom is 0.366 e. The van der Waals surface area contributed by atoms with E-state index in [1.165, 1.54) is 17.0 Å². The van der Waals surface area contributed by atoms with Crippen molar-refractivity contribution in [1.29, 1.82) is 0 Å². The van der Waals surface area contributed by atoms with Crippen molar-refractivity contribution >= 4 is 23.5 Å². The second-order valence-corrected chi connectivity index (χ2v) is 5.85. The van der Waals surface area contributed by atoms with Crippen LogP contribution in [0.1, 0.15) is 29.3 Å². The van der Waals surface area contributed by atoms with Crippen LogP contribution in [0.2, 0.25) is 0 Å². The van der Waals surface area contributed by atoms with E-state index >= 15 is 0 Å². The molecule has 140 valence electrons. The summed E-state index contributed by atoms with van der Waals surface area (Å²) >= 11 is 0. The van der Waals surface area contributed by atoms with Gasteiger partial charge in [-0.1, -0.05) is 19.1 Å². The van der Waals surface area contributed by atoms with Crippen molar-refractivity contribution in [2.24, 2.45) is 0 Å². The van der Waals surface area contributed by atoms with Crippen LogP contribution in [0.3, 0.4) is 0 Å². The monoisotopic (exact) mass is 371 g/mol. The minimum atomic E-state index is -0.637. The Labute approximate surface area is 154 Å². The SMILES string of the molecule is CCCOC(=O)c1cccc(CN2C(=O)COc3ccc([N+](=O)[O-])nc32)c1.